The summed E-state index contributed by atoms with van der Waals surface area (Å²) in [7, 11) is 0. The largest absolute Gasteiger partial charge is 0.390 e. The van der Waals surface area contributed by atoms with E-state index in [0.29, 0.717) is 18.8 Å². The Bertz CT molecular complexity index is 555. The van der Waals surface area contributed by atoms with Gasteiger partial charge in [0, 0.05) is 30.7 Å². The molecule has 106 valence electrons. The maximum Gasteiger partial charge on any atom is 0.269 e. The smallest absolute Gasteiger partial charge is 0.269 e. The molecule has 2 atom stereocenters. The number of hydrogen-bond acceptors (Lipinski definition) is 5. The van der Waals surface area contributed by atoms with Crippen LogP contribution in [0.4, 0.5) is 0 Å². The Morgan fingerprint density at radius 1 is 1.55 bits per heavy atom. The zero-order valence-corrected chi connectivity index (χ0v) is 11.6. The van der Waals surface area contributed by atoms with Crippen molar-refractivity contribution in [3.63, 3.8) is 0 Å². The first-order chi connectivity index (χ1) is 9.72. The number of amides is 1. The van der Waals surface area contributed by atoms with Crippen LogP contribution in [0.3, 0.4) is 0 Å². The molecule has 1 aliphatic rings. The van der Waals surface area contributed by atoms with Crippen molar-refractivity contribution < 1.29 is 9.90 Å². The predicted molar refractivity (Wildman–Crippen MR) is 75.4 cm³/mol. The van der Waals surface area contributed by atoms with Crippen molar-refractivity contribution in [1.29, 1.82) is 0 Å². The standard InChI is InChI=1S/C13H16N4O2S/c18-12-8-17(6-9-2-1-5-20-9)7-11(12)15-13(19)10-3-4-14-16-10/h1-5,11-12,18H,6-8H2,(H,14,16)(H,15,19)/t11-,12-/m1/s1. The third kappa shape index (κ3) is 2.90. The van der Waals surface area contributed by atoms with E-state index in [2.05, 4.69) is 26.5 Å². The van der Waals surface area contributed by atoms with E-state index in [1.165, 1.54) is 11.1 Å². The maximum absolute atomic E-state index is 11.9. The van der Waals surface area contributed by atoms with Crippen molar-refractivity contribution in [2.45, 2.75) is 18.7 Å². The molecule has 2 aromatic rings. The molecule has 1 amide bonds. The van der Waals surface area contributed by atoms with Crippen LogP contribution in [0.2, 0.25) is 0 Å². The lowest BCUT2D eigenvalue weighted by molar-refractivity contribution is 0.0883. The molecule has 2 aromatic heterocycles. The normalized spacial score (nSPS) is 23.1. The number of aromatic amines is 1. The Balaban J connectivity index is 1.57. The fourth-order valence-electron chi connectivity index (χ4n) is 2.39. The minimum Gasteiger partial charge on any atom is -0.390 e. The summed E-state index contributed by atoms with van der Waals surface area (Å²) in [6, 6.07) is 5.46. The molecule has 0 saturated carbocycles. The lowest BCUT2D eigenvalue weighted by Crippen LogP contribution is -2.42. The average molecular weight is 292 g/mol. The van der Waals surface area contributed by atoms with Crippen LogP contribution >= 0.6 is 11.3 Å². The number of aromatic nitrogens is 2. The molecule has 3 heterocycles. The minimum atomic E-state index is -0.540. The summed E-state index contributed by atoms with van der Waals surface area (Å²) in [6.07, 6.45) is 0.991. The lowest BCUT2D eigenvalue weighted by Gasteiger charge is -2.15. The molecule has 3 rings (SSSR count). The van der Waals surface area contributed by atoms with Gasteiger partial charge in [0.05, 0.1) is 12.1 Å². The maximum atomic E-state index is 11.9. The Morgan fingerprint density at radius 3 is 3.15 bits per heavy atom. The lowest BCUT2D eigenvalue weighted by atomic mass is 10.2. The van der Waals surface area contributed by atoms with Crippen LogP contribution in [0, 0.1) is 0 Å². The number of nitrogens with zero attached hydrogens (tertiary/aromatic N) is 2. The number of carbonyl (C=O) groups is 1. The number of carbonyl (C=O) groups excluding carboxylic acids is 1. The summed E-state index contributed by atoms with van der Waals surface area (Å²) in [5, 5.41) is 21.3. The van der Waals surface area contributed by atoms with Crippen molar-refractivity contribution >= 4 is 17.2 Å². The van der Waals surface area contributed by atoms with Crippen molar-refractivity contribution in [3.8, 4) is 0 Å². The molecule has 0 aliphatic carbocycles. The van der Waals surface area contributed by atoms with E-state index in [1.54, 1.807) is 17.4 Å². The van der Waals surface area contributed by atoms with E-state index in [4.69, 9.17) is 0 Å². The molecule has 0 radical (unpaired) electrons. The molecule has 1 fully saturated rings. The molecule has 6 nitrogen and oxygen atoms in total. The first-order valence-corrected chi connectivity index (χ1v) is 7.33. The van der Waals surface area contributed by atoms with Gasteiger partial charge in [0.15, 0.2) is 0 Å². The number of aliphatic hydroxyl groups is 1. The number of likely N-dealkylation sites (tertiary alicyclic amines) is 1. The number of aliphatic hydroxyl groups excluding tert-OH is 1. The third-order valence-corrected chi connectivity index (χ3v) is 4.25. The molecule has 1 saturated heterocycles. The summed E-state index contributed by atoms with van der Waals surface area (Å²) < 4.78 is 0. The van der Waals surface area contributed by atoms with Gasteiger partial charge >= 0.3 is 0 Å². The topological polar surface area (TPSA) is 81.2 Å². The van der Waals surface area contributed by atoms with Crippen LogP contribution in [0.15, 0.2) is 29.8 Å². The Morgan fingerprint density at radius 2 is 2.45 bits per heavy atom. The zero-order chi connectivity index (χ0) is 13.9. The van der Waals surface area contributed by atoms with E-state index in [0.717, 1.165) is 6.54 Å². The third-order valence-electron chi connectivity index (χ3n) is 3.39. The highest BCUT2D eigenvalue weighted by atomic mass is 32.1. The molecule has 0 unspecified atom stereocenters. The summed E-state index contributed by atoms with van der Waals surface area (Å²) >= 11 is 1.70. The second-order valence-corrected chi connectivity index (χ2v) is 5.92. The predicted octanol–water partition coefficient (Wildman–Crippen LogP) is 0.446. The van der Waals surface area contributed by atoms with Gasteiger partial charge in [0.25, 0.3) is 5.91 Å². The Hall–Kier alpha value is -1.70. The van der Waals surface area contributed by atoms with Gasteiger partial charge in [-0.3, -0.25) is 14.8 Å². The SMILES string of the molecule is O=C(N[C@@H]1CN(Cc2cccs2)C[C@H]1O)c1ccn[nH]1. The Labute approximate surface area is 120 Å². The average Bonchev–Trinajstić information content (AvgIpc) is 3.14. The van der Waals surface area contributed by atoms with E-state index < -0.39 is 6.10 Å². The van der Waals surface area contributed by atoms with Crippen molar-refractivity contribution in [2.24, 2.45) is 0 Å². The van der Waals surface area contributed by atoms with Gasteiger partial charge < -0.3 is 10.4 Å². The van der Waals surface area contributed by atoms with E-state index in [9.17, 15) is 9.90 Å². The Kier molecular flexibility index (Phi) is 3.81. The van der Waals surface area contributed by atoms with Crippen LogP contribution in [-0.2, 0) is 6.54 Å². The summed E-state index contributed by atoms with van der Waals surface area (Å²) in [5.41, 5.74) is 0.411. The van der Waals surface area contributed by atoms with Gasteiger partial charge in [0.1, 0.15) is 5.69 Å². The number of hydrogen-bond donors (Lipinski definition) is 3. The number of β-amino-alcohol motifs (C(OH)–C–C–N with tert-alkyl or cyclic N) is 1. The quantitative estimate of drug-likeness (QED) is 0.764. The summed E-state index contributed by atoms with van der Waals surface area (Å²) in [5.74, 6) is -0.232. The highest BCUT2D eigenvalue weighted by Gasteiger charge is 2.32. The van der Waals surface area contributed by atoms with Gasteiger partial charge in [-0.05, 0) is 17.5 Å². The van der Waals surface area contributed by atoms with Crippen LogP contribution in [-0.4, -0.2) is 51.3 Å². The molecule has 20 heavy (non-hydrogen) atoms. The molecule has 0 spiro atoms. The minimum absolute atomic E-state index is 0.232. The number of nitrogens with one attached hydrogen (secondary N) is 2. The zero-order valence-electron chi connectivity index (χ0n) is 10.8. The summed E-state index contributed by atoms with van der Waals surface area (Å²) in [6.45, 7) is 2.04. The molecule has 0 bridgehead atoms. The molecule has 1 aliphatic heterocycles. The van der Waals surface area contributed by atoms with Crippen molar-refractivity contribution in [3.05, 3.63) is 40.3 Å². The van der Waals surface area contributed by atoms with E-state index >= 15 is 0 Å². The van der Waals surface area contributed by atoms with Gasteiger partial charge in [-0.2, -0.15) is 5.10 Å². The van der Waals surface area contributed by atoms with Gasteiger partial charge in [-0.15, -0.1) is 11.3 Å². The van der Waals surface area contributed by atoms with E-state index in [-0.39, 0.29) is 11.9 Å². The van der Waals surface area contributed by atoms with Crippen LogP contribution < -0.4 is 5.32 Å². The van der Waals surface area contributed by atoms with Crippen LogP contribution in [0.5, 0.6) is 0 Å². The molecular weight excluding hydrogens is 276 g/mol. The second kappa shape index (κ2) is 5.74. The molecule has 7 heteroatoms. The molecule has 3 N–H and O–H groups in total. The number of thiophene rings is 1. The van der Waals surface area contributed by atoms with Gasteiger partial charge in [-0.1, -0.05) is 6.07 Å². The van der Waals surface area contributed by atoms with Crippen molar-refractivity contribution in [2.75, 3.05) is 13.1 Å². The van der Waals surface area contributed by atoms with Gasteiger partial charge in [-0.25, -0.2) is 0 Å². The van der Waals surface area contributed by atoms with Gasteiger partial charge in [0.2, 0.25) is 0 Å². The molecule has 0 aromatic carbocycles. The highest BCUT2D eigenvalue weighted by Crippen LogP contribution is 2.17. The second-order valence-electron chi connectivity index (χ2n) is 4.89. The van der Waals surface area contributed by atoms with E-state index in [1.807, 2.05) is 11.4 Å². The number of rotatable bonds is 4. The highest BCUT2D eigenvalue weighted by molar-refractivity contribution is 7.09. The number of H-pyrrole nitrogens is 1. The monoisotopic (exact) mass is 292 g/mol. The van der Waals surface area contributed by atoms with Crippen LogP contribution in [0.25, 0.3) is 0 Å². The first kappa shape index (κ1) is 13.3. The van der Waals surface area contributed by atoms with Crippen molar-refractivity contribution in [1.82, 2.24) is 20.4 Å². The fourth-order valence-corrected chi connectivity index (χ4v) is 3.13. The summed E-state index contributed by atoms with van der Waals surface area (Å²) in [4.78, 5) is 15.3. The fraction of sp³-hybridized carbons (Fsp3) is 0.385. The first-order valence-electron chi connectivity index (χ1n) is 6.45. The molecular formula is C13H16N4O2S. The van der Waals surface area contributed by atoms with Crippen LogP contribution in [0.1, 0.15) is 15.4 Å².